The van der Waals surface area contributed by atoms with Crippen LogP contribution in [0, 0.1) is 0 Å². The maximum atomic E-state index is 12.5. The number of benzene rings is 1. The van der Waals surface area contributed by atoms with Crippen molar-refractivity contribution in [2.45, 2.75) is 37.4 Å². The summed E-state index contributed by atoms with van der Waals surface area (Å²) in [4.78, 5) is 12.5. The SMILES string of the molecule is CS(=O)(=O)Nc1cccc(-c2ccc(C(=O)N[C@@H]3C[C@H]4CC[C@@H]3N4)o2)c1. The average Bonchev–Trinajstić information content (AvgIpc) is 3.30. The normalized spacial score (nSPS) is 24.6. The number of fused-ring (bicyclic) bond motifs is 2. The van der Waals surface area contributed by atoms with Crippen molar-refractivity contribution in [3.8, 4) is 11.3 Å². The van der Waals surface area contributed by atoms with E-state index in [1.54, 1.807) is 36.4 Å². The third kappa shape index (κ3) is 3.61. The van der Waals surface area contributed by atoms with E-state index in [0.29, 0.717) is 29.1 Å². The maximum absolute atomic E-state index is 12.5. The van der Waals surface area contributed by atoms with Crippen LogP contribution in [0.4, 0.5) is 5.69 Å². The Balaban J connectivity index is 1.47. The van der Waals surface area contributed by atoms with Crippen LogP contribution in [0.1, 0.15) is 29.8 Å². The molecular weight excluding hydrogens is 354 g/mol. The van der Waals surface area contributed by atoms with Gasteiger partial charge in [0.1, 0.15) is 5.76 Å². The summed E-state index contributed by atoms with van der Waals surface area (Å²) in [6.45, 7) is 0. The molecule has 2 saturated heterocycles. The van der Waals surface area contributed by atoms with Crippen molar-refractivity contribution < 1.29 is 17.6 Å². The van der Waals surface area contributed by atoms with Gasteiger partial charge in [-0.15, -0.1) is 0 Å². The largest absolute Gasteiger partial charge is 0.451 e. The number of hydrogen-bond acceptors (Lipinski definition) is 5. The highest BCUT2D eigenvalue weighted by molar-refractivity contribution is 7.92. The van der Waals surface area contributed by atoms with Gasteiger partial charge in [0, 0.05) is 29.4 Å². The van der Waals surface area contributed by atoms with Crippen LogP contribution < -0.4 is 15.4 Å². The van der Waals surface area contributed by atoms with E-state index in [0.717, 1.165) is 19.1 Å². The number of furan rings is 1. The van der Waals surface area contributed by atoms with Crippen LogP contribution in [0.3, 0.4) is 0 Å². The van der Waals surface area contributed by atoms with Crippen LogP contribution in [0.5, 0.6) is 0 Å². The molecule has 8 heteroatoms. The fourth-order valence-electron chi connectivity index (χ4n) is 3.79. The molecule has 0 aliphatic carbocycles. The number of sulfonamides is 1. The Morgan fingerprint density at radius 3 is 2.77 bits per heavy atom. The van der Waals surface area contributed by atoms with E-state index in [2.05, 4.69) is 15.4 Å². The highest BCUT2D eigenvalue weighted by Gasteiger charge is 2.39. The van der Waals surface area contributed by atoms with Gasteiger partial charge in [0.2, 0.25) is 10.0 Å². The Kier molecular flexibility index (Phi) is 4.24. The molecule has 0 radical (unpaired) electrons. The van der Waals surface area contributed by atoms with Crippen molar-refractivity contribution in [2.24, 2.45) is 0 Å². The molecule has 1 aromatic heterocycles. The molecule has 2 aliphatic rings. The quantitative estimate of drug-likeness (QED) is 0.742. The fraction of sp³-hybridized carbons (Fsp3) is 0.389. The molecule has 0 unspecified atom stereocenters. The van der Waals surface area contributed by atoms with Gasteiger partial charge in [-0.1, -0.05) is 12.1 Å². The predicted molar refractivity (Wildman–Crippen MR) is 98.4 cm³/mol. The summed E-state index contributed by atoms with van der Waals surface area (Å²) in [5.74, 6) is 0.545. The van der Waals surface area contributed by atoms with Crippen LogP contribution in [0.15, 0.2) is 40.8 Å². The lowest BCUT2D eigenvalue weighted by molar-refractivity contribution is 0.0903. The van der Waals surface area contributed by atoms with Crippen LogP contribution in [-0.4, -0.2) is 38.7 Å². The van der Waals surface area contributed by atoms with Crippen LogP contribution in [-0.2, 0) is 10.0 Å². The Morgan fingerprint density at radius 1 is 1.23 bits per heavy atom. The highest BCUT2D eigenvalue weighted by Crippen LogP contribution is 2.29. The molecule has 2 aliphatic heterocycles. The van der Waals surface area contributed by atoms with E-state index in [4.69, 9.17) is 4.42 Å². The summed E-state index contributed by atoms with van der Waals surface area (Å²) in [5, 5.41) is 6.54. The van der Waals surface area contributed by atoms with Crippen LogP contribution >= 0.6 is 0 Å². The van der Waals surface area contributed by atoms with Gasteiger partial charge in [-0.2, -0.15) is 0 Å². The average molecular weight is 375 g/mol. The first-order chi connectivity index (χ1) is 12.4. The van der Waals surface area contributed by atoms with Gasteiger partial charge in [0.25, 0.3) is 5.91 Å². The second kappa shape index (κ2) is 6.44. The molecular formula is C18H21N3O4S. The molecule has 26 heavy (non-hydrogen) atoms. The number of amides is 1. The monoisotopic (exact) mass is 375 g/mol. The molecule has 3 N–H and O–H groups in total. The molecule has 1 amide bonds. The van der Waals surface area contributed by atoms with Gasteiger partial charge in [0.05, 0.1) is 6.26 Å². The summed E-state index contributed by atoms with van der Waals surface area (Å²) in [5.41, 5.74) is 1.14. The zero-order valence-corrected chi connectivity index (χ0v) is 15.2. The first-order valence-corrected chi connectivity index (χ1v) is 10.5. The lowest BCUT2D eigenvalue weighted by Crippen LogP contribution is -2.42. The molecule has 2 fully saturated rings. The third-order valence-corrected chi connectivity index (χ3v) is 5.50. The van der Waals surface area contributed by atoms with E-state index in [9.17, 15) is 13.2 Å². The van der Waals surface area contributed by atoms with Gasteiger partial charge in [0.15, 0.2) is 5.76 Å². The van der Waals surface area contributed by atoms with Crippen molar-refractivity contribution >= 4 is 21.6 Å². The second-order valence-corrected chi connectivity index (χ2v) is 8.73. The van der Waals surface area contributed by atoms with Crippen LogP contribution in [0.25, 0.3) is 11.3 Å². The van der Waals surface area contributed by atoms with Crippen molar-refractivity contribution in [1.29, 1.82) is 0 Å². The zero-order valence-electron chi connectivity index (χ0n) is 14.4. The zero-order chi connectivity index (χ0) is 18.3. The molecule has 0 saturated carbocycles. The Hall–Kier alpha value is -2.32. The van der Waals surface area contributed by atoms with Crippen molar-refractivity contribution in [3.05, 3.63) is 42.2 Å². The third-order valence-electron chi connectivity index (χ3n) is 4.90. The minimum absolute atomic E-state index is 0.150. The maximum Gasteiger partial charge on any atom is 0.287 e. The summed E-state index contributed by atoms with van der Waals surface area (Å²) in [7, 11) is -3.35. The van der Waals surface area contributed by atoms with Gasteiger partial charge in [-0.3, -0.25) is 9.52 Å². The van der Waals surface area contributed by atoms with E-state index in [1.165, 1.54) is 6.42 Å². The Bertz CT molecular complexity index is 937. The molecule has 1 aromatic carbocycles. The number of carbonyl (C=O) groups excluding carboxylic acids is 1. The van der Waals surface area contributed by atoms with Gasteiger partial charge in [-0.05, 0) is 43.5 Å². The van der Waals surface area contributed by atoms with Gasteiger partial charge >= 0.3 is 0 Å². The number of nitrogens with one attached hydrogen (secondary N) is 3. The first kappa shape index (κ1) is 17.1. The van der Waals surface area contributed by atoms with E-state index >= 15 is 0 Å². The number of rotatable bonds is 5. The van der Waals surface area contributed by atoms with Gasteiger partial charge in [-0.25, -0.2) is 8.42 Å². The van der Waals surface area contributed by atoms with E-state index in [1.807, 2.05) is 0 Å². The summed E-state index contributed by atoms with van der Waals surface area (Å²) >= 11 is 0. The number of anilines is 1. The summed E-state index contributed by atoms with van der Waals surface area (Å²) in [6.07, 6.45) is 4.33. The number of hydrogen-bond donors (Lipinski definition) is 3. The molecule has 0 spiro atoms. The fourth-order valence-corrected chi connectivity index (χ4v) is 4.34. The minimum Gasteiger partial charge on any atom is -0.451 e. The summed E-state index contributed by atoms with van der Waals surface area (Å²) in [6, 6.07) is 11.2. The van der Waals surface area contributed by atoms with Crippen molar-refractivity contribution in [1.82, 2.24) is 10.6 Å². The standard InChI is InChI=1S/C18H21N3O4S/c1-26(23,24)21-13-4-2-3-11(9-13)16-7-8-17(25-16)18(22)20-15-10-12-5-6-14(15)19-12/h2-4,7-9,12,14-15,19,21H,5-6,10H2,1H3,(H,20,22)/t12-,14+,15-/m1/s1. The predicted octanol–water partition coefficient (Wildman–Crippen LogP) is 1.94. The lowest BCUT2D eigenvalue weighted by atomic mass is 9.95. The molecule has 7 nitrogen and oxygen atoms in total. The number of carbonyl (C=O) groups is 1. The molecule has 2 bridgehead atoms. The molecule has 3 heterocycles. The minimum atomic E-state index is -3.35. The van der Waals surface area contributed by atoms with Crippen molar-refractivity contribution in [3.63, 3.8) is 0 Å². The van der Waals surface area contributed by atoms with E-state index < -0.39 is 10.0 Å². The topological polar surface area (TPSA) is 100 Å². The Labute approximate surface area is 152 Å². The Morgan fingerprint density at radius 2 is 2.08 bits per heavy atom. The lowest BCUT2D eigenvalue weighted by Gasteiger charge is -2.20. The first-order valence-electron chi connectivity index (χ1n) is 8.62. The molecule has 2 aromatic rings. The van der Waals surface area contributed by atoms with Crippen LogP contribution in [0.2, 0.25) is 0 Å². The molecule has 4 rings (SSSR count). The second-order valence-electron chi connectivity index (χ2n) is 6.98. The molecule has 3 atom stereocenters. The summed E-state index contributed by atoms with van der Waals surface area (Å²) < 4.78 is 30.9. The smallest absolute Gasteiger partial charge is 0.287 e. The van der Waals surface area contributed by atoms with Crippen molar-refractivity contribution in [2.75, 3.05) is 11.0 Å². The highest BCUT2D eigenvalue weighted by atomic mass is 32.2. The molecule has 138 valence electrons. The van der Waals surface area contributed by atoms with Gasteiger partial charge < -0.3 is 15.1 Å². The van der Waals surface area contributed by atoms with E-state index in [-0.39, 0.29) is 17.7 Å².